The average molecular weight is 488 g/mol. The summed E-state index contributed by atoms with van der Waals surface area (Å²) in [6.07, 6.45) is 6.19. The number of carbonyl (C=O) groups is 1. The van der Waals surface area contributed by atoms with Gasteiger partial charge in [0.2, 0.25) is 10.0 Å². The zero-order chi connectivity index (χ0) is 23.7. The van der Waals surface area contributed by atoms with Crippen LogP contribution in [0.5, 0.6) is 0 Å². The summed E-state index contributed by atoms with van der Waals surface area (Å²) in [6, 6.07) is 21.6. The minimum atomic E-state index is -3.67. The van der Waals surface area contributed by atoms with Crippen LogP contribution in [0.1, 0.15) is 21.5 Å². The Kier molecular flexibility index (Phi) is 5.92. The van der Waals surface area contributed by atoms with Gasteiger partial charge in [0.15, 0.2) is 4.80 Å². The maximum Gasteiger partial charge on any atom is 0.279 e. The topological polar surface area (TPSA) is 71.7 Å². The van der Waals surface area contributed by atoms with Crippen LogP contribution in [0.25, 0.3) is 10.2 Å². The molecule has 0 spiro atoms. The predicted molar refractivity (Wildman–Crippen MR) is 133 cm³/mol. The van der Waals surface area contributed by atoms with Gasteiger partial charge in [0.1, 0.15) is 0 Å². The van der Waals surface area contributed by atoms with Gasteiger partial charge in [-0.25, -0.2) is 8.42 Å². The summed E-state index contributed by atoms with van der Waals surface area (Å²) >= 11 is 1.38. The molecule has 1 aliphatic rings. The number of aromatic nitrogens is 1. The van der Waals surface area contributed by atoms with Gasteiger partial charge in [0.05, 0.1) is 21.7 Å². The molecule has 4 aromatic rings. The third-order valence-corrected chi connectivity index (χ3v) is 8.79. The van der Waals surface area contributed by atoms with Crippen molar-refractivity contribution in [2.75, 3.05) is 6.54 Å². The van der Waals surface area contributed by atoms with Crippen LogP contribution in [0.4, 0.5) is 0 Å². The molecular formula is C26H21N3O3S2. The largest absolute Gasteiger partial charge is 0.305 e. The van der Waals surface area contributed by atoms with Gasteiger partial charge >= 0.3 is 0 Å². The Morgan fingerprint density at radius 3 is 2.47 bits per heavy atom. The maximum atomic E-state index is 13.2. The van der Waals surface area contributed by atoms with Gasteiger partial charge in [-0.1, -0.05) is 53.7 Å². The van der Waals surface area contributed by atoms with Gasteiger partial charge in [0.25, 0.3) is 5.91 Å². The number of benzene rings is 3. The quantitative estimate of drug-likeness (QED) is 0.411. The van der Waals surface area contributed by atoms with Gasteiger partial charge in [-0.15, -0.1) is 6.42 Å². The lowest BCUT2D eigenvalue weighted by Gasteiger charge is -2.28. The summed E-state index contributed by atoms with van der Waals surface area (Å²) < 4.78 is 30.7. The summed E-state index contributed by atoms with van der Waals surface area (Å²) in [5.41, 5.74) is 3.43. The molecule has 6 nitrogen and oxygen atoms in total. The average Bonchev–Trinajstić information content (AvgIpc) is 3.21. The van der Waals surface area contributed by atoms with Crippen molar-refractivity contribution < 1.29 is 13.2 Å². The summed E-state index contributed by atoms with van der Waals surface area (Å²) in [4.78, 5) is 17.8. The number of hydrogen-bond acceptors (Lipinski definition) is 4. The summed E-state index contributed by atoms with van der Waals surface area (Å²) in [7, 11) is -3.67. The van der Waals surface area contributed by atoms with Crippen molar-refractivity contribution in [3.05, 3.63) is 94.3 Å². The van der Waals surface area contributed by atoms with Crippen molar-refractivity contribution in [3.63, 3.8) is 0 Å². The number of rotatable bonds is 4. The van der Waals surface area contributed by atoms with E-state index in [1.54, 1.807) is 0 Å². The van der Waals surface area contributed by atoms with E-state index >= 15 is 0 Å². The van der Waals surface area contributed by atoms with Crippen LogP contribution < -0.4 is 4.80 Å². The van der Waals surface area contributed by atoms with E-state index < -0.39 is 15.9 Å². The molecule has 5 rings (SSSR count). The van der Waals surface area contributed by atoms with Crippen LogP contribution in [0, 0.1) is 12.3 Å². The van der Waals surface area contributed by atoms with E-state index in [0.29, 0.717) is 36.4 Å². The third kappa shape index (κ3) is 4.10. The minimum Gasteiger partial charge on any atom is -0.305 e. The molecule has 1 aliphatic heterocycles. The lowest BCUT2D eigenvalue weighted by atomic mass is 10.0. The second-order valence-corrected chi connectivity index (χ2v) is 10.9. The van der Waals surface area contributed by atoms with Crippen molar-refractivity contribution in [2.24, 2.45) is 4.99 Å². The van der Waals surface area contributed by atoms with E-state index in [4.69, 9.17) is 6.42 Å². The van der Waals surface area contributed by atoms with E-state index in [0.717, 1.165) is 15.8 Å². The first-order chi connectivity index (χ1) is 16.5. The monoisotopic (exact) mass is 487 g/mol. The van der Waals surface area contributed by atoms with E-state index in [9.17, 15) is 13.2 Å². The van der Waals surface area contributed by atoms with Gasteiger partial charge in [-0.3, -0.25) is 4.79 Å². The molecule has 0 aliphatic carbocycles. The number of amides is 1. The fraction of sp³-hybridized carbons (Fsp3) is 0.154. The van der Waals surface area contributed by atoms with Crippen LogP contribution in [-0.2, 0) is 29.5 Å². The molecule has 8 heteroatoms. The molecule has 1 aromatic heterocycles. The smallest absolute Gasteiger partial charge is 0.279 e. The van der Waals surface area contributed by atoms with Crippen molar-refractivity contribution in [1.29, 1.82) is 0 Å². The molecule has 170 valence electrons. The Bertz CT molecular complexity index is 1610. The van der Waals surface area contributed by atoms with Crippen molar-refractivity contribution in [1.82, 2.24) is 8.87 Å². The Balaban J connectivity index is 1.42. The second-order valence-electron chi connectivity index (χ2n) is 7.94. The number of carbonyl (C=O) groups excluding carboxylic acids is 1. The van der Waals surface area contributed by atoms with E-state index in [1.165, 1.54) is 45.5 Å². The molecule has 1 amide bonds. The zero-order valence-corrected chi connectivity index (χ0v) is 19.8. The first-order valence-electron chi connectivity index (χ1n) is 10.8. The third-order valence-electron chi connectivity index (χ3n) is 5.87. The molecule has 0 saturated heterocycles. The normalized spacial score (nSPS) is 14.6. The lowest BCUT2D eigenvalue weighted by molar-refractivity contribution is 0.0998. The van der Waals surface area contributed by atoms with E-state index in [2.05, 4.69) is 10.9 Å². The van der Waals surface area contributed by atoms with Crippen molar-refractivity contribution >= 4 is 37.5 Å². The van der Waals surface area contributed by atoms with Crippen LogP contribution in [0.3, 0.4) is 0 Å². The summed E-state index contributed by atoms with van der Waals surface area (Å²) in [5, 5.41) is 0. The number of para-hydroxylation sites is 1. The summed E-state index contributed by atoms with van der Waals surface area (Å²) in [5.74, 6) is 2.15. The molecule has 0 atom stereocenters. The highest BCUT2D eigenvalue weighted by molar-refractivity contribution is 7.89. The minimum absolute atomic E-state index is 0.160. The van der Waals surface area contributed by atoms with Gasteiger partial charge in [-0.2, -0.15) is 9.30 Å². The highest BCUT2D eigenvalue weighted by Gasteiger charge is 2.28. The second kappa shape index (κ2) is 9.03. The van der Waals surface area contributed by atoms with Gasteiger partial charge < -0.3 is 4.57 Å². The first kappa shape index (κ1) is 22.3. The molecule has 0 fully saturated rings. The number of thiazole rings is 1. The van der Waals surface area contributed by atoms with Gasteiger partial charge in [-0.05, 0) is 53.9 Å². The predicted octanol–water partition coefficient (Wildman–Crippen LogP) is 3.82. The van der Waals surface area contributed by atoms with Gasteiger partial charge in [0, 0.05) is 18.7 Å². The van der Waals surface area contributed by atoms with E-state index in [-0.39, 0.29) is 4.90 Å². The van der Waals surface area contributed by atoms with Crippen molar-refractivity contribution in [3.8, 4) is 12.3 Å². The number of fused-ring (bicyclic) bond motifs is 2. The lowest BCUT2D eigenvalue weighted by Crippen LogP contribution is -2.35. The zero-order valence-electron chi connectivity index (χ0n) is 18.2. The van der Waals surface area contributed by atoms with Crippen LogP contribution >= 0.6 is 11.3 Å². The fourth-order valence-electron chi connectivity index (χ4n) is 4.10. The molecular weight excluding hydrogens is 466 g/mol. The number of terminal acetylenes is 1. The van der Waals surface area contributed by atoms with Crippen molar-refractivity contribution in [2.45, 2.75) is 24.4 Å². The van der Waals surface area contributed by atoms with Crippen LogP contribution in [0.2, 0.25) is 0 Å². The summed E-state index contributed by atoms with van der Waals surface area (Å²) in [6.45, 7) is 1.07. The SMILES string of the molecule is C#CCn1c(=NC(=O)c2ccc(S(=O)(=O)N3CCc4ccccc4C3)cc2)sc2ccccc21. The standard InChI is InChI=1S/C26H21N3O3S2/c1-2-16-29-23-9-5-6-10-24(23)33-26(29)27-25(30)20-11-13-22(14-12-20)34(31,32)28-17-15-19-7-3-4-8-21(19)18-28/h1,3-14H,15-18H2. The Labute approximate surface area is 201 Å². The fourth-order valence-corrected chi connectivity index (χ4v) is 6.54. The van der Waals surface area contributed by atoms with E-state index in [1.807, 2.05) is 53.1 Å². The molecule has 2 heterocycles. The highest BCUT2D eigenvalue weighted by Crippen LogP contribution is 2.25. The molecule has 0 N–H and O–H groups in total. The molecule has 0 radical (unpaired) electrons. The Hall–Kier alpha value is -3.51. The first-order valence-corrected chi connectivity index (χ1v) is 13.0. The number of nitrogens with zero attached hydrogens (tertiary/aromatic N) is 3. The molecule has 3 aromatic carbocycles. The Morgan fingerprint density at radius 2 is 1.71 bits per heavy atom. The van der Waals surface area contributed by atoms with Crippen LogP contribution in [0.15, 0.2) is 82.7 Å². The number of hydrogen-bond donors (Lipinski definition) is 0. The molecule has 34 heavy (non-hydrogen) atoms. The molecule has 0 bridgehead atoms. The Morgan fingerprint density at radius 1 is 1.00 bits per heavy atom. The van der Waals surface area contributed by atoms with Crippen LogP contribution in [-0.4, -0.2) is 29.7 Å². The maximum absolute atomic E-state index is 13.2. The highest BCUT2D eigenvalue weighted by atomic mass is 32.2. The number of sulfonamides is 1. The molecule has 0 saturated carbocycles. The molecule has 0 unspecified atom stereocenters.